The summed E-state index contributed by atoms with van der Waals surface area (Å²) >= 11 is 0. The normalized spacial score (nSPS) is 16.9. The van der Waals surface area contributed by atoms with Gasteiger partial charge in [-0.2, -0.15) is 8.42 Å². The van der Waals surface area contributed by atoms with E-state index in [1.807, 2.05) is 0 Å². The molecule has 0 radical (unpaired) electrons. The Morgan fingerprint density at radius 2 is 1.77 bits per heavy atom. The third-order valence-corrected chi connectivity index (χ3v) is 3.39. The Balaban J connectivity index is 4.13. The van der Waals surface area contributed by atoms with E-state index in [9.17, 15) is 8.42 Å². The molecule has 0 heterocycles. The first kappa shape index (κ1) is 12.9. The van der Waals surface area contributed by atoms with E-state index < -0.39 is 10.1 Å². The van der Waals surface area contributed by atoms with E-state index in [0.29, 0.717) is 6.42 Å². The molecule has 0 saturated heterocycles. The van der Waals surface area contributed by atoms with Crippen LogP contribution in [0.15, 0.2) is 0 Å². The predicted molar refractivity (Wildman–Crippen MR) is 54.3 cm³/mol. The van der Waals surface area contributed by atoms with Crippen LogP contribution in [0.4, 0.5) is 0 Å². The summed E-state index contributed by atoms with van der Waals surface area (Å²) in [6, 6.07) is 0. The molecule has 0 aromatic rings. The van der Waals surface area contributed by atoms with Crippen molar-refractivity contribution in [3.05, 3.63) is 0 Å². The zero-order chi connectivity index (χ0) is 10.5. The summed E-state index contributed by atoms with van der Waals surface area (Å²) < 4.78 is 29.7. The highest BCUT2D eigenvalue weighted by Gasteiger charge is 2.22. The second-order valence-corrected chi connectivity index (χ2v) is 5.52. The van der Waals surface area contributed by atoms with Crippen molar-refractivity contribution >= 4 is 10.1 Å². The van der Waals surface area contributed by atoms with Gasteiger partial charge >= 0.3 is 0 Å². The van der Waals surface area contributed by atoms with Crippen molar-refractivity contribution in [2.75, 3.05) is 5.75 Å². The first-order valence-electron chi connectivity index (χ1n) is 4.78. The van der Waals surface area contributed by atoms with E-state index in [4.69, 9.17) is 4.55 Å². The molecule has 80 valence electrons. The van der Waals surface area contributed by atoms with Crippen LogP contribution in [0.2, 0.25) is 0 Å². The molecule has 1 unspecified atom stereocenters. The molecule has 4 heteroatoms. The highest BCUT2D eigenvalue weighted by Crippen LogP contribution is 2.31. The van der Waals surface area contributed by atoms with Crippen LogP contribution in [-0.2, 0) is 10.1 Å². The lowest BCUT2D eigenvalue weighted by molar-refractivity contribution is 0.269. The van der Waals surface area contributed by atoms with Gasteiger partial charge in [0, 0.05) is 0 Å². The average Bonchev–Trinajstić information content (AvgIpc) is 2.01. The second kappa shape index (κ2) is 4.96. The molecule has 13 heavy (non-hydrogen) atoms. The van der Waals surface area contributed by atoms with Gasteiger partial charge in [0.15, 0.2) is 0 Å². The van der Waals surface area contributed by atoms with Crippen LogP contribution in [0.5, 0.6) is 0 Å². The maximum atomic E-state index is 10.6. The fourth-order valence-electron chi connectivity index (χ4n) is 1.46. The summed E-state index contributed by atoms with van der Waals surface area (Å²) in [6.07, 6.45) is 3.57. The van der Waals surface area contributed by atoms with E-state index in [-0.39, 0.29) is 11.2 Å². The molecule has 0 aliphatic carbocycles. The van der Waals surface area contributed by atoms with Gasteiger partial charge in [0.05, 0.1) is 5.75 Å². The van der Waals surface area contributed by atoms with Gasteiger partial charge in [-0.05, 0) is 18.3 Å². The quantitative estimate of drug-likeness (QED) is 0.682. The van der Waals surface area contributed by atoms with Gasteiger partial charge in [0.25, 0.3) is 10.1 Å². The van der Waals surface area contributed by atoms with Crippen molar-refractivity contribution in [3.8, 4) is 0 Å². The fraction of sp³-hybridized carbons (Fsp3) is 1.00. The van der Waals surface area contributed by atoms with Gasteiger partial charge < -0.3 is 0 Å². The minimum absolute atomic E-state index is 0.0601. The van der Waals surface area contributed by atoms with E-state index in [1.165, 1.54) is 0 Å². The van der Waals surface area contributed by atoms with E-state index in [0.717, 1.165) is 19.3 Å². The lowest BCUT2D eigenvalue weighted by atomic mass is 9.81. The highest BCUT2D eigenvalue weighted by atomic mass is 32.2. The molecule has 0 aliphatic rings. The van der Waals surface area contributed by atoms with Gasteiger partial charge in [0.1, 0.15) is 0 Å². The SMILES string of the molecule is CCCC(C)(CC)CCS(=O)(=O)O. The Labute approximate surface area is 81.3 Å². The van der Waals surface area contributed by atoms with Crippen LogP contribution >= 0.6 is 0 Å². The monoisotopic (exact) mass is 208 g/mol. The van der Waals surface area contributed by atoms with E-state index in [2.05, 4.69) is 20.8 Å². The molecule has 3 nitrogen and oxygen atoms in total. The molecule has 0 rings (SSSR count). The summed E-state index contributed by atoms with van der Waals surface area (Å²) in [5.41, 5.74) is 0.0601. The fourth-order valence-corrected chi connectivity index (χ4v) is 2.21. The third-order valence-electron chi connectivity index (χ3n) is 2.67. The number of hydrogen-bond donors (Lipinski definition) is 1. The minimum atomic E-state index is -3.79. The summed E-state index contributed by atoms with van der Waals surface area (Å²) in [6.45, 7) is 6.21. The topological polar surface area (TPSA) is 54.4 Å². The standard InChI is InChI=1S/C9H20O3S/c1-4-6-9(3,5-2)7-8-13(10,11)12/h4-8H2,1-3H3,(H,10,11,12). The van der Waals surface area contributed by atoms with Crippen LogP contribution in [0.25, 0.3) is 0 Å². The Kier molecular flexibility index (Phi) is 4.92. The molecular formula is C9H20O3S. The summed E-state index contributed by atoms with van der Waals surface area (Å²) in [4.78, 5) is 0. The lowest BCUT2D eigenvalue weighted by Gasteiger charge is -2.27. The number of rotatable bonds is 6. The van der Waals surface area contributed by atoms with Gasteiger partial charge in [-0.3, -0.25) is 4.55 Å². The van der Waals surface area contributed by atoms with Gasteiger partial charge in [-0.15, -0.1) is 0 Å². The molecule has 1 N–H and O–H groups in total. The highest BCUT2D eigenvalue weighted by molar-refractivity contribution is 7.85. The lowest BCUT2D eigenvalue weighted by Crippen LogP contribution is -2.19. The molecule has 0 aromatic carbocycles. The Morgan fingerprint density at radius 3 is 2.08 bits per heavy atom. The maximum Gasteiger partial charge on any atom is 0.264 e. The largest absolute Gasteiger partial charge is 0.286 e. The Morgan fingerprint density at radius 1 is 1.23 bits per heavy atom. The van der Waals surface area contributed by atoms with Crippen molar-refractivity contribution in [2.24, 2.45) is 5.41 Å². The molecular weight excluding hydrogens is 188 g/mol. The van der Waals surface area contributed by atoms with Crippen LogP contribution in [0, 0.1) is 5.41 Å². The predicted octanol–water partition coefficient (Wildman–Crippen LogP) is 2.48. The van der Waals surface area contributed by atoms with Crippen LogP contribution in [0.3, 0.4) is 0 Å². The third kappa shape index (κ3) is 6.05. The molecule has 1 atom stereocenters. The molecule has 0 aliphatic heterocycles. The average molecular weight is 208 g/mol. The van der Waals surface area contributed by atoms with Crippen LogP contribution in [0.1, 0.15) is 46.5 Å². The smallest absolute Gasteiger partial charge is 0.264 e. The number of hydrogen-bond acceptors (Lipinski definition) is 2. The van der Waals surface area contributed by atoms with Gasteiger partial charge in [-0.1, -0.05) is 33.6 Å². The Bertz CT molecular complexity index is 233. The van der Waals surface area contributed by atoms with Crippen LogP contribution in [-0.4, -0.2) is 18.7 Å². The van der Waals surface area contributed by atoms with Crippen molar-refractivity contribution in [3.63, 3.8) is 0 Å². The maximum absolute atomic E-state index is 10.6. The molecule has 0 bridgehead atoms. The zero-order valence-electron chi connectivity index (χ0n) is 8.71. The molecule has 0 spiro atoms. The second-order valence-electron chi connectivity index (χ2n) is 3.95. The first-order chi connectivity index (χ1) is 5.83. The molecule has 0 saturated carbocycles. The summed E-state index contributed by atoms with van der Waals surface area (Å²) in [7, 11) is -3.79. The minimum Gasteiger partial charge on any atom is -0.286 e. The van der Waals surface area contributed by atoms with Crippen LogP contribution < -0.4 is 0 Å². The molecule has 0 amide bonds. The zero-order valence-corrected chi connectivity index (χ0v) is 9.52. The Hall–Kier alpha value is -0.0900. The summed E-state index contributed by atoms with van der Waals surface area (Å²) in [5.74, 6) is -0.114. The first-order valence-corrected chi connectivity index (χ1v) is 6.39. The van der Waals surface area contributed by atoms with Crippen molar-refractivity contribution in [1.82, 2.24) is 0 Å². The van der Waals surface area contributed by atoms with Crippen molar-refractivity contribution in [1.29, 1.82) is 0 Å². The molecule has 0 aromatic heterocycles. The van der Waals surface area contributed by atoms with Crippen molar-refractivity contribution < 1.29 is 13.0 Å². The molecule has 0 fully saturated rings. The van der Waals surface area contributed by atoms with E-state index in [1.54, 1.807) is 0 Å². The van der Waals surface area contributed by atoms with Gasteiger partial charge in [0.2, 0.25) is 0 Å². The summed E-state index contributed by atoms with van der Waals surface area (Å²) in [5, 5.41) is 0. The van der Waals surface area contributed by atoms with Crippen molar-refractivity contribution in [2.45, 2.75) is 46.5 Å². The van der Waals surface area contributed by atoms with Gasteiger partial charge in [-0.25, -0.2) is 0 Å². The van der Waals surface area contributed by atoms with E-state index >= 15 is 0 Å².